The van der Waals surface area contributed by atoms with Crippen LogP contribution in [0.25, 0.3) is 0 Å². The van der Waals surface area contributed by atoms with Crippen molar-refractivity contribution >= 4 is 43.2 Å². The Labute approximate surface area is 208 Å². The van der Waals surface area contributed by atoms with Crippen molar-refractivity contribution in [1.29, 1.82) is 0 Å². The molecule has 0 aliphatic carbocycles. The molecule has 34 heavy (non-hydrogen) atoms. The molecule has 0 bridgehead atoms. The maximum absolute atomic E-state index is 13.1. The minimum atomic E-state index is -3.76. The van der Waals surface area contributed by atoms with Gasteiger partial charge in [0.25, 0.3) is 0 Å². The molecule has 2 aromatic carbocycles. The van der Waals surface area contributed by atoms with Crippen molar-refractivity contribution in [3.8, 4) is 0 Å². The zero-order valence-electron chi connectivity index (χ0n) is 19.1. The van der Waals surface area contributed by atoms with Gasteiger partial charge in [0.15, 0.2) is 6.04 Å². The van der Waals surface area contributed by atoms with Crippen LogP contribution >= 0.6 is 22.4 Å². The third-order valence-electron chi connectivity index (χ3n) is 5.71. The van der Waals surface area contributed by atoms with Crippen molar-refractivity contribution in [1.82, 2.24) is 4.90 Å². The van der Waals surface area contributed by atoms with E-state index >= 15 is 0 Å². The van der Waals surface area contributed by atoms with Crippen LogP contribution in [0.15, 0.2) is 65.7 Å². The number of halogens is 1. The maximum atomic E-state index is 13.1. The molecule has 0 radical (unpaired) electrons. The van der Waals surface area contributed by atoms with Gasteiger partial charge in [-0.2, -0.15) is 0 Å². The molecule has 0 amide bonds. The molecule has 3 atom stereocenters. The second kappa shape index (κ2) is 10.8. The number of rotatable bonds is 7. The first-order valence-electron chi connectivity index (χ1n) is 10.5. The van der Waals surface area contributed by atoms with Crippen LogP contribution < -0.4 is 0 Å². The van der Waals surface area contributed by atoms with Gasteiger partial charge in [-0.3, -0.25) is 4.79 Å². The summed E-state index contributed by atoms with van der Waals surface area (Å²) in [4.78, 5) is 27.4. The topological polar surface area (TPSA) is 90.0 Å². The summed E-state index contributed by atoms with van der Waals surface area (Å²) in [6, 6.07) is 12.4. The van der Waals surface area contributed by atoms with Gasteiger partial charge in [-0.15, -0.1) is 0 Å². The van der Waals surface area contributed by atoms with Crippen LogP contribution in [0.5, 0.6) is 0 Å². The number of methoxy groups -OCH3 is 2. The van der Waals surface area contributed by atoms with E-state index in [4.69, 9.17) is 21.1 Å². The smallest absolute Gasteiger partial charge is 0.333 e. The average molecular weight is 524 g/mol. The molecule has 1 heterocycles. The lowest BCUT2D eigenvalue weighted by Crippen LogP contribution is -2.47. The molecule has 0 N–H and O–H groups in total. The van der Waals surface area contributed by atoms with E-state index in [0.717, 1.165) is 5.56 Å². The van der Waals surface area contributed by atoms with E-state index in [0.29, 0.717) is 21.4 Å². The van der Waals surface area contributed by atoms with Gasteiger partial charge in [-0.25, -0.2) is 13.2 Å². The molecule has 3 rings (SSSR count). The van der Waals surface area contributed by atoms with E-state index in [2.05, 4.69) is 6.58 Å². The molecule has 182 valence electrons. The summed E-state index contributed by atoms with van der Waals surface area (Å²) in [7, 11) is -0.550. The van der Waals surface area contributed by atoms with Crippen molar-refractivity contribution in [3.63, 3.8) is 0 Å². The Balaban J connectivity index is 1.96. The van der Waals surface area contributed by atoms with E-state index < -0.39 is 38.0 Å². The van der Waals surface area contributed by atoms with Gasteiger partial charge in [0.05, 0.1) is 19.1 Å². The van der Waals surface area contributed by atoms with Gasteiger partial charge in [0.1, 0.15) is 5.92 Å². The van der Waals surface area contributed by atoms with Gasteiger partial charge in [-0.1, -0.05) is 54.1 Å². The number of likely N-dealkylation sites (tertiary alicyclic amines) is 1. The Morgan fingerprint density at radius 1 is 1.12 bits per heavy atom. The van der Waals surface area contributed by atoms with Crippen molar-refractivity contribution < 1.29 is 27.5 Å². The van der Waals surface area contributed by atoms with E-state index in [-0.39, 0.29) is 23.6 Å². The van der Waals surface area contributed by atoms with Crippen LogP contribution in [0.3, 0.4) is 0 Å². The van der Waals surface area contributed by atoms with Crippen LogP contribution in [-0.2, 0) is 27.9 Å². The third kappa shape index (κ3) is 5.42. The Morgan fingerprint density at radius 2 is 1.76 bits per heavy atom. The number of carbonyl (C=O) groups excluding carboxylic acids is 2. The Bertz CT molecular complexity index is 1180. The van der Waals surface area contributed by atoms with Crippen LogP contribution in [0.2, 0.25) is 5.02 Å². The van der Waals surface area contributed by atoms with Gasteiger partial charge < -0.3 is 14.4 Å². The molecule has 1 aliphatic heterocycles. The van der Waals surface area contributed by atoms with E-state index in [1.807, 2.05) is 6.92 Å². The number of benzene rings is 2. The van der Waals surface area contributed by atoms with Crippen LogP contribution in [-0.4, -0.2) is 51.3 Å². The Kier molecular flexibility index (Phi) is 8.33. The Morgan fingerprint density at radius 3 is 2.35 bits per heavy atom. The highest BCUT2D eigenvalue weighted by Crippen LogP contribution is 2.43. The molecular weight excluding hydrogens is 498 g/mol. The number of aryl methyl sites for hydroxylation is 1. The summed E-state index contributed by atoms with van der Waals surface area (Å²) in [6.07, 6.45) is 0.284. The average Bonchev–Trinajstić information content (AvgIpc) is 2.81. The quantitative estimate of drug-likeness (QED) is 0.390. The first kappa shape index (κ1) is 26.1. The molecule has 0 spiro atoms. The van der Waals surface area contributed by atoms with Crippen LogP contribution in [0.1, 0.15) is 23.6 Å². The van der Waals surface area contributed by atoms with Crippen molar-refractivity contribution in [3.05, 3.63) is 77.0 Å². The summed E-state index contributed by atoms with van der Waals surface area (Å²) < 4.78 is 36.2. The zero-order chi connectivity index (χ0) is 25.0. The third-order valence-corrected chi connectivity index (χ3v) is 9.99. The number of piperidine rings is 1. The summed E-state index contributed by atoms with van der Waals surface area (Å²) >= 11 is 6.37. The SMILES string of the molecule is C=C1C(C(=O)OC)C(SS(=O)(=O)c2ccc(C)cc2)CCN1C(C(=O)OC)c1ccccc1Cl. The summed E-state index contributed by atoms with van der Waals surface area (Å²) in [5.41, 5.74) is 1.70. The molecule has 7 nitrogen and oxygen atoms in total. The highest BCUT2D eigenvalue weighted by molar-refractivity contribution is 8.72. The molecule has 1 saturated heterocycles. The van der Waals surface area contributed by atoms with Gasteiger partial charge in [0, 0.05) is 28.1 Å². The molecule has 3 unspecified atom stereocenters. The number of ether oxygens (including phenoxy) is 2. The molecular formula is C24H26ClNO6S2. The Hall–Kier alpha value is -2.49. The van der Waals surface area contributed by atoms with E-state index in [9.17, 15) is 18.0 Å². The van der Waals surface area contributed by atoms with Crippen molar-refractivity contribution in [2.45, 2.75) is 29.5 Å². The first-order valence-corrected chi connectivity index (χ1v) is 13.7. The normalized spacial score (nSPS) is 19.4. The lowest BCUT2D eigenvalue weighted by Gasteiger charge is -2.42. The monoisotopic (exact) mass is 523 g/mol. The van der Waals surface area contributed by atoms with Crippen LogP contribution in [0, 0.1) is 12.8 Å². The fourth-order valence-corrected chi connectivity index (χ4v) is 7.93. The minimum Gasteiger partial charge on any atom is -0.468 e. The number of esters is 2. The summed E-state index contributed by atoms with van der Waals surface area (Å²) in [5, 5.41) is -0.300. The molecule has 0 aromatic heterocycles. The maximum Gasteiger partial charge on any atom is 0.333 e. The van der Waals surface area contributed by atoms with Crippen molar-refractivity contribution in [2.24, 2.45) is 5.92 Å². The highest BCUT2D eigenvalue weighted by Gasteiger charge is 2.45. The predicted molar refractivity (Wildman–Crippen MR) is 132 cm³/mol. The fourth-order valence-electron chi connectivity index (χ4n) is 3.94. The van der Waals surface area contributed by atoms with Gasteiger partial charge in [0.2, 0.25) is 8.87 Å². The standard InChI is InChI=1S/C24H26ClNO6S2/c1-15-9-11-17(12-10-15)34(29,30)33-20-13-14-26(16(2)21(20)23(27)31-3)22(24(28)32-4)18-7-5-6-8-19(18)25/h5-12,20-22H,2,13-14H2,1,3-4H3. The van der Waals surface area contributed by atoms with E-state index in [1.165, 1.54) is 14.2 Å². The van der Waals surface area contributed by atoms with E-state index in [1.54, 1.807) is 53.4 Å². The largest absolute Gasteiger partial charge is 0.468 e. The number of carbonyl (C=O) groups is 2. The van der Waals surface area contributed by atoms with Crippen molar-refractivity contribution in [2.75, 3.05) is 20.8 Å². The van der Waals surface area contributed by atoms with Gasteiger partial charge in [-0.05, 0) is 42.3 Å². The number of hydrogen-bond acceptors (Lipinski definition) is 8. The number of hydrogen-bond donors (Lipinski definition) is 0. The fraction of sp³-hybridized carbons (Fsp3) is 0.333. The predicted octanol–water partition coefficient (Wildman–Crippen LogP) is 4.36. The first-order chi connectivity index (χ1) is 16.1. The lowest BCUT2D eigenvalue weighted by atomic mass is 9.91. The number of nitrogens with zero attached hydrogens (tertiary/aromatic N) is 1. The highest BCUT2D eigenvalue weighted by atomic mass is 35.5. The summed E-state index contributed by atoms with van der Waals surface area (Å²) in [6.45, 7) is 6.20. The second-order valence-corrected chi connectivity index (χ2v) is 12.3. The zero-order valence-corrected chi connectivity index (χ0v) is 21.5. The minimum absolute atomic E-state index is 0.156. The van der Waals surface area contributed by atoms with Crippen LogP contribution in [0.4, 0.5) is 0 Å². The lowest BCUT2D eigenvalue weighted by molar-refractivity contribution is -0.150. The molecule has 1 aliphatic rings. The molecule has 0 saturated carbocycles. The summed E-state index contributed by atoms with van der Waals surface area (Å²) in [5.74, 6) is -2.19. The van der Waals surface area contributed by atoms with Gasteiger partial charge >= 0.3 is 11.9 Å². The molecule has 1 fully saturated rings. The molecule has 10 heteroatoms. The molecule has 2 aromatic rings. The second-order valence-electron chi connectivity index (χ2n) is 7.82.